The van der Waals surface area contributed by atoms with Crippen molar-refractivity contribution in [3.05, 3.63) is 0 Å². The number of carbonyl (C=O) groups excluding carboxylic acids is 2. The Morgan fingerprint density at radius 3 is 1.90 bits per heavy atom. The van der Waals surface area contributed by atoms with Gasteiger partial charge in [0, 0.05) is 25.7 Å². The summed E-state index contributed by atoms with van der Waals surface area (Å²) in [6.45, 7) is 5.23. The lowest BCUT2D eigenvalue weighted by Crippen LogP contribution is -2.46. The molecule has 10 heteroatoms. The summed E-state index contributed by atoms with van der Waals surface area (Å²) in [6.07, 6.45) is 6.88. The molecule has 0 fully saturated rings. The van der Waals surface area contributed by atoms with Crippen LogP contribution in [0.4, 0.5) is 0 Å². The van der Waals surface area contributed by atoms with E-state index in [2.05, 4.69) is 20.9 Å². The predicted molar refractivity (Wildman–Crippen MR) is 121 cm³/mol. The molecule has 0 aliphatic carbocycles. The van der Waals surface area contributed by atoms with Gasteiger partial charge in [-0.05, 0) is 52.1 Å². The van der Waals surface area contributed by atoms with E-state index in [1.165, 1.54) is 0 Å². The Balaban J connectivity index is 3.57. The number of nitrogens with zero attached hydrogens (tertiary/aromatic N) is 1. The molecule has 2 amide bonds. The van der Waals surface area contributed by atoms with Gasteiger partial charge in [-0.25, -0.2) is 0 Å². The van der Waals surface area contributed by atoms with Crippen LogP contribution in [-0.4, -0.2) is 67.8 Å². The molecular weight excluding hydrogens is 386 g/mol. The van der Waals surface area contributed by atoms with Gasteiger partial charge < -0.3 is 38.3 Å². The summed E-state index contributed by atoms with van der Waals surface area (Å²) in [6, 6.07) is 0.192. The first-order valence-electron chi connectivity index (χ1n) is 11.1. The quantitative estimate of drug-likeness (QED) is 0.0613. The van der Waals surface area contributed by atoms with Crippen LogP contribution in [0.5, 0.6) is 0 Å². The van der Waals surface area contributed by atoms with Crippen LogP contribution < -0.4 is 33.2 Å². The molecule has 2 unspecified atom stereocenters. The summed E-state index contributed by atoms with van der Waals surface area (Å²) in [5, 5.41) is 18.3. The zero-order chi connectivity index (χ0) is 22.6. The monoisotopic (exact) mass is 429 g/mol. The van der Waals surface area contributed by atoms with Crippen molar-refractivity contribution in [3.8, 4) is 0 Å². The highest BCUT2D eigenvalue weighted by atomic mass is 16.3. The second-order valence-electron chi connectivity index (χ2n) is 7.64. The molecule has 2 atom stereocenters. The molecule has 176 valence electrons. The number of rotatable bonds is 19. The molecule has 10 N–H and O–H groups in total. The van der Waals surface area contributed by atoms with Crippen LogP contribution in [0.25, 0.3) is 0 Å². The molecule has 10 nitrogen and oxygen atoms in total. The number of hydrogen-bond acceptors (Lipinski definition) is 6. The second-order valence-corrected chi connectivity index (χ2v) is 7.64. The molecule has 0 spiro atoms. The van der Waals surface area contributed by atoms with Gasteiger partial charge in [0.05, 0.1) is 0 Å². The Morgan fingerprint density at radius 2 is 1.33 bits per heavy atom. The Labute approximate surface area is 180 Å². The molecule has 30 heavy (non-hydrogen) atoms. The Hall–Kier alpha value is -1.91. The van der Waals surface area contributed by atoms with Crippen molar-refractivity contribution in [2.24, 2.45) is 22.2 Å². The average molecular weight is 430 g/mol. The van der Waals surface area contributed by atoms with Gasteiger partial charge in [0.1, 0.15) is 0 Å². The van der Waals surface area contributed by atoms with Crippen LogP contribution in [0.15, 0.2) is 4.99 Å². The van der Waals surface area contributed by atoms with Gasteiger partial charge in [0.2, 0.25) is 6.10 Å². The number of hydrogen-bond donors (Lipinski definition) is 7. The number of aliphatic imine (C=N–C) groups is 1. The first-order chi connectivity index (χ1) is 14.3. The zero-order valence-electron chi connectivity index (χ0n) is 18.5. The molecule has 0 heterocycles. The molecule has 0 aromatic carbocycles. The van der Waals surface area contributed by atoms with Crippen molar-refractivity contribution < 1.29 is 14.7 Å². The third-order valence-corrected chi connectivity index (χ3v) is 4.53. The maximum absolute atomic E-state index is 11.8. The van der Waals surface area contributed by atoms with E-state index in [1.807, 2.05) is 6.92 Å². The third kappa shape index (κ3) is 18.1. The van der Waals surface area contributed by atoms with Crippen molar-refractivity contribution in [1.82, 2.24) is 16.0 Å². The van der Waals surface area contributed by atoms with Crippen molar-refractivity contribution in [3.63, 3.8) is 0 Å². The highest BCUT2D eigenvalue weighted by Crippen LogP contribution is 2.05. The smallest absolute Gasteiger partial charge is 0.258 e. The van der Waals surface area contributed by atoms with Crippen molar-refractivity contribution in [1.29, 1.82) is 0 Å². The first-order valence-corrected chi connectivity index (χ1v) is 11.1. The Kier molecular flexibility index (Phi) is 17.9. The highest BCUT2D eigenvalue weighted by Gasteiger charge is 2.22. The summed E-state index contributed by atoms with van der Waals surface area (Å²) in [4.78, 5) is 27.6. The van der Waals surface area contributed by atoms with E-state index in [9.17, 15) is 14.7 Å². The van der Waals surface area contributed by atoms with Crippen LogP contribution in [0.2, 0.25) is 0 Å². The fourth-order valence-corrected chi connectivity index (χ4v) is 2.72. The fourth-order valence-electron chi connectivity index (χ4n) is 2.72. The topological polar surface area (TPSA) is 181 Å². The van der Waals surface area contributed by atoms with Gasteiger partial charge in [0.15, 0.2) is 5.96 Å². The molecule has 0 saturated carbocycles. The van der Waals surface area contributed by atoms with Gasteiger partial charge in [-0.3, -0.25) is 14.6 Å². The number of amides is 2. The molecule has 0 radical (unpaired) electrons. The van der Waals surface area contributed by atoms with Crippen LogP contribution in [0.3, 0.4) is 0 Å². The van der Waals surface area contributed by atoms with Crippen molar-refractivity contribution in [2.45, 2.75) is 76.9 Å². The summed E-state index contributed by atoms with van der Waals surface area (Å²) in [7, 11) is 0. The fraction of sp³-hybridized carbons (Fsp3) is 0.850. The highest BCUT2D eigenvalue weighted by molar-refractivity contribution is 6.02. The van der Waals surface area contributed by atoms with E-state index in [0.29, 0.717) is 19.6 Å². The summed E-state index contributed by atoms with van der Waals surface area (Å²) in [5.41, 5.74) is 16.2. The summed E-state index contributed by atoms with van der Waals surface area (Å²) < 4.78 is 0. The minimum absolute atomic E-state index is 0.127. The first kappa shape index (κ1) is 28.1. The number of nitrogens with one attached hydrogen (secondary N) is 3. The maximum Gasteiger partial charge on any atom is 0.258 e. The lowest BCUT2D eigenvalue weighted by atomic mass is 10.1. The van der Waals surface area contributed by atoms with Gasteiger partial charge in [-0.2, -0.15) is 0 Å². The number of nitrogens with two attached hydrogens (primary N) is 3. The average Bonchev–Trinajstić information content (AvgIpc) is 2.69. The van der Waals surface area contributed by atoms with Gasteiger partial charge >= 0.3 is 0 Å². The summed E-state index contributed by atoms with van der Waals surface area (Å²) in [5.74, 6) is -1.18. The number of aliphatic hydroxyl groups excluding tert-OH is 1. The van der Waals surface area contributed by atoms with Gasteiger partial charge in [-0.1, -0.05) is 25.7 Å². The summed E-state index contributed by atoms with van der Waals surface area (Å²) >= 11 is 0. The molecule has 0 aromatic heterocycles. The Bertz CT molecular complexity index is 483. The van der Waals surface area contributed by atoms with Crippen molar-refractivity contribution >= 4 is 17.8 Å². The molecule has 0 saturated heterocycles. The van der Waals surface area contributed by atoms with E-state index < -0.39 is 17.9 Å². The largest absolute Gasteiger partial charge is 0.375 e. The lowest BCUT2D eigenvalue weighted by molar-refractivity contribution is -0.141. The van der Waals surface area contributed by atoms with E-state index in [-0.39, 0.29) is 12.0 Å². The normalized spacial score (nSPS) is 12.8. The van der Waals surface area contributed by atoms with Crippen LogP contribution in [0, 0.1) is 0 Å². The van der Waals surface area contributed by atoms with Gasteiger partial charge in [0.25, 0.3) is 11.8 Å². The maximum atomic E-state index is 11.8. The van der Waals surface area contributed by atoms with E-state index in [1.54, 1.807) is 0 Å². The number of aliphatic hydroxyl groups is 1. The molecule has 0 aliphatic heterocycles. The van der Waals surface area contributed by atoms with Crippen molar-refractivity contribution in [2.75, 3.05) is 32.7 Å². The minimum Gasteiger partial charge on any atom is -0.375 e. The number of guanidine groups is 1. The van der Waals surface area contributed by atoms with Gasteiger partial charge in [-0.15, -0.1) is 0 Å². The van der Waals surface area contributed by atoms with E-state index >= 15 is 0 Å². The second kappa shape index (κ2) is 19.1. The predicted octanol–water partition coefficient (Wildman–Crippen LogP) is -0.699. The molecule has 0 aromatic rings. The standard InChI is InChI=1S/C20H43N7O3/c1-16(21)10-15-24-11-8-9-13-26-19(30)17(28)18(29)25-12-6-4-2-3-5-7-14-27-20(22)23/h16-17,24,28H,2-15,21H2,1H3,(H,25,29)(H,26,30)(H4,22,23,27). The molecule has 0 aliphatic rings. The minimum atomic E-state index is -1.66. The molecular formula is C20H43N7O3. The number of carbonyl (C=O) groups is 2. The van der Waals surface area contributed by atoms with Crippen LogP contribution in [0.1, 0.15) is 64.7 Å². The SMILES string of the molecule is CC(N)CCNCCCCNC(=O)C(O)C(=O)NCCCCCCCCN=C(N)N. The van der Waals surface area contributed by atoms with E-state index in [0.717, 1.165) is 70.9 Å². The Morgan fingerprint density at radius 1 is 0.833 bits per heavy atom. The third-order valence-electron chi connectivity index (χ3n) is 4.53. The lowest BCUT2D eigenvalue weighted by Gasteiger charge is -2.12. The van der Waals surface area contributed by atoms with Crippen LogP contribution >= 0.6 is 0 Å². The molecule has 0 rings (SSSR count). The number of unbranched alkanes of at least 4 members (excludes halogenated alkanes) is 6. The van der Waals surface area contributed by atoms with E-state index in [4.69, 9.17) is 17.2 Å². The van der Waals surface area contributed by atoms with Crippen LogP contribution in [-0.2, 0) is 9.59 Å². The molecule has 0 bridgehead atoms. The zero-order valence-corrected chi connectivity index (χ0v) is 18.5.